The van der Waals surface area contributed by atoms with Crippen molar-refractivity contribution in [3.05, 3.63) is 41.6 Å². The van der Waals surface area contributed by atoms with E-state index >= 15 is 0 Å². The van der Waals surface area contributed by atoms with Crippen molar-refractivity contribution in [1.82, 2.24) is 10.2 Å². The van der Waals surface area contributed by atoms with E-state index in [2.05, 4.69) is 10.6 Å². The summed E-state index contributed by atoms with van der Waals surface area (Å²) >= 11 is 0. The van der Waals surface area contributed by atoms with Gasteiger partial charge in [0.2, 0.25) is 0 Å². The number of ether oxygens (including phenoxy) is 1. The molecule has 1 aromatic rings. The van der Waals surface area contributed by atoms with E-state index in [1.807, 2.05) is 6.07 Å². The molecule has 7 heteroatoms. The molecule has 0 bridgehead atoms. The molecule has 1 aliphatic heterocycles. The zero-order valence-corrected chi connectivity index (χ0v) is 13.5. The summed E-state index contributed by atoms with van der Waals surface area (Å²) in [5.74, 6) is -0.666. The lowest BCUT2D eigenvalue weighted by atomic mass is 10.2. The lowest BCUT2D eigenvalue weighted by Gasteiger charge is -2.27. The van der Waals surface area contributed by atoms with Crippen LogP contribution in [0.15, 0.2) is 36.0 Å². The van der Waals surface area contributed by atoms with Crippen molar-refractivity contribution in [1.29, 1.82) is 5.26 Å². The number of nitrogens with one attached hydrogen (secondary N) is 2. The molecule has 0 saturated carbocycles. The van der Waals surface area contributed by atoms with Crippen LogP contribution in [0.25, 0.3) is 0 Å². The minimum Gasteiger partial charge on any atom is -0.462 e. The molecule has 1 amide bonds. The zero-order chi connectivity index (χ0) is 17.4. The Morgan fingerprint density at radius 3 is 2.58 bits per heavy atom. The smallest absolute Gasteiger partial charge is 0.338 e. The second-order valence-electron chi connectivity index (χ2n) is 5.15. The number of rotatable bonds is 5. The number of amides is 1. The quantitative estimate of drug-likeness (QED) is 0.478. The van der Waals surface area contributed by atoms with Crippen molar-refractivity contribution in [2.45, 2.75) is 6.92 Å². The summed E-state index contributed by atoms with van der Waals surface area (Å²) in [5.41, 5.74) is 1.17. The molecule has 1 fully saturated rings. The summed E-state index contributed by atoms with van der Waals surface area (Å²) in [6.45, 7) is 4.71. The van der Waals surface area contributed by atoms with Gasteiger partial charge in [0.25, 0.3) is 5.91 Å². The van der Waals surface area contributed by atoms with Crippen LogP contribution >= 0.6 is 0 Å². The molecule has 0 aromatic heterocycles. The summed E-state index contributed by atoms with van der Waals surface area (Å²) < 4.78 is 4.91. The van der Waals surface area contributed by atoms with Gasteiger partial charge in [-0.2, -0.15) is 5.26 Å². The van der Waals surface area contributed by atoms with Gasteiger partial charge in [-0.1, -0.05) is 0 Å². The minimum atomic E-state index is -0.383. The van der Waals surface area contributed by atoms with Crippen LogP contribution < -0.4 is 10.6 Å². The van der Waals surface area contributed by atoms with Crippen LogP contribution in [0, 0.1) is 11.3 Å². The second-order valence-corrected chi connectivity index (χ2v) is 5.15. The molecule has 2 N–H and O–H groups in total. The topological polar surface area (TPSA) is 94.5 Å². The summed E-state index contributed by atoms with van der Waals surface area (Å²) in [7, 11) is 0. The van der Waals surface area contributed by atoms with Crippen molar-refractivity contribution in [3.8, 4) is 6.07 Å². The largest absolute Gasteiger partial charge is 0.462 e. The fraction of sp³-hybridized carbons (Fsp3) is 0.353. The first-order valence-corrected chi connectivity index (χ1v) is 7.79. The Morgan fingerprint density at radius 1 is 1.33 bits per heavy atom. The van der Waals surface area contributed by atoms with Gasteiger partial charge in [0.15, 0.2) is 0 Å². The fourth-order valence-corrected chi connectivity index (χ4v) is 2.25. The third-order valence-electron chi connectivity index (χ3n) is 3.53. The number of anilines is 1. The highest BCUT2D eigenvalue weighted by molar-refractivity contribution is 5.97. The standard InChI is InChI=1S/C17H20N4O3/c1-2-24-17(23)13-3-5-15(6-4-13)20-12-14(11-18)16(22)21-9-7-19-8-10-21/h3-6,12,19-20H,2,7-10H2,1H3/b14-12-. The summed E-state index contributed by atoms with van der Waals surface area (Å²) in [5, 5.41) is 15.3. The number of hydrogen-bond donors (Lipinski definition) is 2. The SMILES string of the molecule is CCOC(=O)c1ccc(N/C=C(/C#N)C(=O)N2CCNCC2)cc1. The first kappa shape index (κ1) is 17.5. The molecule has 1 saturated heterocycles. The van der Waals surface area contributed by atoms with Crippen molar-refractivity contribution in [2.24, 2.45) is 0 Å². The number of nitrogens with zero attached hydrogens (tertiary/aromatic N) is 2. The molecule has 1 aromatic carbocycles. The molecule has 0 atom stereocenters. The molecule has 1 aliphatic rings. The summed E-state index contributed by atoms with van der Waals surface area (Å²) in [6.07, 6.45) is 1.39. The van der Waals surface area contributed by atoms with Crippen molar-refractivity contribution < 1.29 is 14.3 Å². The van der Waals surface area contributed by atoms with Gasteiger partial charge in [-0.3, -0.25) is 4.79 Å². The van der Waals surface area contributed by atoms with E-state index in [9.17, 15) is 14.9 Å². The third-order valence-corrected chi connectivity index (χ3v) is 3.53. The van der Waals surface area contributed by atoms with Gasteiger partial charge >= 0.3 is 5.97 Å². The first-order chi connectivity index (χ1) is 11.7. The van der Waals surface area contributed by atoms with Gasteiger partial charge in [-0.25, -0.2) is 4.79 Å². The van der Waals surface area contributed by atoms with Gasteiger partial charge in [0.05, 0.1) is 12.2 Å². The van der Waals surface area contributed by atoms with Crippen molar-refractivity contribution >= 4 is 17.6 Å². The van der Waals surface area contributed by atoms with E-state index in [0.29, 0.717) is 30.9 Å². The predicted molar refractivity (Wildman–Crippen MR) is 89.2 cm³/mol. The van der Waals surface area contributed by atoms with Gasteiger partial charge < -0.3 is 20.3 Å². The van der Waals surface area contributed by atoms with E-state index in [1.54, 1.807) is 36.1 Å². The number of piperazine rings is 1. The Hall–Kier alpha value is -2.85. The monoisotopic (exact) mass is 328 g/mol. The van der Waals surface area contributed by atoms with Gasteiger partial charge in [-0.05, 0) is 31.2 Å². The van der Waals surface area contributed by atoms with Crippen LogP contribution in [0.1, 0.15) is 17.3 Å². The predicted octanol–water partition coefficient (Wildman–Crippen LogP) is 1.11. The van der Waals surface area contributed by atoms with E-state index < -0.39 is 0 Å². The van der Waals surface area contributed by atoms with Crippen LogP contribution in [0.5, 0.6) is 0 Å². The number of hydrogen-bond acceptors (Lipinski definition) is 6. The van der Waals surface area contributed by atoms with Crippen LogP contribution in [0.2, 0.25) is 0 Å². The van der Waals surface area contributed by atoms with Crippen LogP contribution in [0.4, 0.5) is 5.69 Å². The first-order valence-electron chi connectivity index (χ1n) is 7.79. The fourth-order valence-electron chi connectivity index (χ4n) is 2.25. The molecule has 0 unspecified atom stereocenters. The minimum absolute atomic E-state index is 0.0476. The molecule has 1 heterocycles. The molecular formula is C17H20N4O3. The van der Waals surface area contributed by atoms with Crippen LogP contribution in [-0.2, 0) is 9.53 Å². The van der Waals surface area contributed by atoms with Gasteiger partial charge in [0, 0.05) is 38.1 Å². The van der Waals surface area contributed by atoms with Crippen molar-refractivity contribution in [2.75, 3.05) is 38.1 Å². The molecule has 0 radical (unpaired) electrons. The lowest BCUT2D eigenvalue weighted by Crippen LogP contribution is -2.46. The van der Waals surface area contributed by atoms with Crippen LogP contribution in [-0.4, -0.2) is 49.6 Å². The maximum Gasteiger partial charge on any atom is 0.338 e. The van der Waals surface area contributed by atoms with Gasteiger partial charge in [-0.15, -0.1) is 0 Å². The molecule has 24 heavy (non-hydrogen) atoms. The number of carbonyl (C=O) groups is 2. The Labute approximate surface area is 140 Å². The number of benzene rings is 1. The highest BCUT2D eigenvalue weighted by Crippen LogP contribution is 2.12. The Kier molecular flexibility index (Phi) is 6.34. The lowest BCUT2D eigenvalue weighted by molar-refractivity contribution is -0.127. The number of nitriles is 1. The Morgan fingerprint density at radius 2 is 2.00 bits per heavy atom. The van der Waals surface area contributed by atoms with Crippen molar-refractivity contribution in [3.63, 3.8) is 0 Å². The van der Waals surface area contributed by atoms with Crippen LogP contribution in [0.3, 0.4) is 0 Å². The average molecular weight is 328 g/mol. The molecule has 0 spiro atoms. The number of esters is 1. The Balaban J connectivity index is 2.00. The van der Waals surface area contributed by atoms with Gasteiger partial charge in [0.1, 0.15) is 11.6 Å². The van der Waals surface area contributed by atoms with E-state index in [4.69, 9.17) is 4.74 Å². The normalized spacial score (nSPS) is 14.7. The maximum absolute atomic E-state index is 12.3. The molecule has 7 nitrogen and oxygen atoms in total. The summed E-state index contributed by atoms with van der Waals surface area (Å²) in [4.78, 5) is 25.5. The summed E-state index contributed by atoms with van der Waals surface area (Å²) in [6, 6.07) is 8.55. The molecule has 126 valence electrons. The average Bonchev–Trinajstić information content (AvgIpc) is 2.63. The highest BCUT2D eigenvalue weighted by atomic mass is 16.5. The molecule has 2 rings (SSSR count). The highest BCUT2D eigenvalue weighted by Gasteiger charge is 2.19. The zero-order valence-electron chi connectivity index (χ0n) is 13.5. The molecular weight excluding hydrogens is 308 g/mol. The Bertz CT molecular complexity index is 655. The second kappa shape index (κ2) is 8.70. The number of carbonyl (C=O) groups excluding carboxylic acids is 2. The van der Waals surface area contributed by atoms with E-state index in [1.165, 1.54) is 6.20 Å². The van der Waals surface area contributed by atoms with E-state index in [-0.39, 0.29) is 17.4 Å². The van der Waals surface area contributed by atoms with E-state index in [0.717, 1.165) is 13.1 Å². The maximum atomic E-state index is 12.3. The molecule has 0 aliphatic carbocycles. The third kappa shape index (κ3) is 4.57.